The van der Waals surface area contributed by atoms with Crippen LogP contribution >= 0.6 is 0 Å². The summed E-state index contributed by atoms with van der Waals surface area (Å²) >= 11 is 0. The number of amides is 1. The van der Waals surface area contributed by atoms with Crippen LogP contribution in [0.5, 0.6) is 5.75 Å². The van der Waals surface area contributed by atoms with Gasteiger partial charge in [-0.05, 0) is 69.0 Å². The molecule has 5 heteroatoms. The monoisotopic (exact) mass is 404 g/mol. The predicted octanol–water partition coefficient (Wildman–Crippen LogP) is 5.00. The zero-order valence-electron chi connectivity index (χ0n) is 18.1. The first-order valence-corrected chi connectivity index (χ1v) is 10.1. The van der Waals surface area contributed by atoms with Crippen LogP contribution in [-0.4, -0.2) is 23.3 Å². The number of nitrogens with one attached hydrogen (secondary N) is 2. The van der Waals surface area contributed by atoms with Crippen LogP contribution in [0.15, 0.2) is 48.5 Å². The maximum atomic E-state index is 12.8. The van der Waals surface area contributed by atoms with Crippen LogP contribution in [0.3, 0.4) is 0 Å². The van der Waals surface area contributed by atoms with E-state index in [0.29, 0.717) is 28.3 Å². The lowest BCUT2D eigenvalue weighted by Gasteiger charge is -2.14. The van der Waals surface area contributed by atoms with Gasteiger partial charge in [-0.25, -0.2) is 0 Å². The molecule has 2 aromatic carbocycles. The number of aromatic nitrogens is 1. The normalized spacial score (nSPS) is 11.8. The van der Waals surface area contributed by atoms with Crippen molar-refractivity contribution in [1.82, 2.24) is 10.3 Å². The number of carbonyl (C=O) groups excluding carboxylic acids is 2. The number of benzene rings is 2. The van der Waals surface area contributed by atoms with Crippen molar-refractivity contribution >= 4 is 11.7 Å². The molecule has 1 unspecified atom stereocenters. The average molecular weight is 405 g/mol. The molecule has 0 saturated heterocycles. The Labute approximate surface area is 177 Å². The van der Waals surface area contributed by atoms with Crippen molar-refractivity contribution in [2.45, 2.75) is 40.7 Å². The number of hydrogen-bond acceptors (Lipinski definition) is 3. The van der Waals surface area contributed by atoms with Gasteiger partial charge in [0.1, 0.15) is 11.4 Å². The van der Waals surface area contributed by atoms with E-state index in [-0.39, 0.29) is 24.3 Å². The van der Waals surface area contributed by atoms with Crippen LogP contribution in [0.4, 0.5) is 0 Å². The van der Waals surface area contributed by atoms with Gasteiger partial charge < -0.3 is 15.0 Å². The Bertz CT molecular complexity index is 1050. The van der Waals surface area contributed by atoms with Gasteiger partial charge in [-0.2, -0.15) is 0 Å². The summed E-state index contributed by atoms with van der Waals surface area (Å²) in [6.45, 7) is 9.42. The molecular weight excluding hydrogens is 376 g/mol. The summed E-state index contributed by atoms with van der Waals surface area (Å²) in [6.07, 6.45) is 0. The van der Waals surface area contributed by atoms with Gasteiger partial charge in [0.2, 0.25) is 5.78 Å². The molecule has 1 atom stereocenters. The van der Waals surface area contributed by atoms with E-state index < -0.39 is 0 Å². The zero-order chi connectivity index (χ0) is 21.8. The van der Waals surface area contributed by atoms with Crippen molar-refractivity contribution in [2.75, 3.05) is 6.61 Å². The van der Waals surface area contributed by atoms with Gasteiger partial charge in [-0.1, -0.05) is 36.4 Å². The van der Waals surface area contributed by atoms with E-state index in [9.17, 15) is 9.59 Å². The van der Waals surface area contributed by atoms with E-state index in [1.54, 1.807) is 13.8 Å². The van der Waals surface area contributed by atoms with Gasteiger partial charge >= 0.3 is 0 Å². The summed E-state index contributed by atoms with van der Waals surface area (Å²) in [4.78, 5) is 28.7. The molecule has 30 heavy (non-hydrogen) atoms. The third-order valence-electron chi connectivity index (χ3n) is 5.16. The molecule has 2 N–H and O–H groups in total. The fourth-order valence-corrected chi connectivity index (χ4v) is 3.73. The number of rotatable bonds is 7. The lowest BCUT2D eigenvalue weighted by molar-refractivity contribution is 0.0920. The van der Waals surface area contributed by atoms with Crippen LogP contribution in [-0.2, 0) is 0 Å². The van der Waals surface area contributed by atoms with Crippen LogP contribution in [0.2, 0.25) is 0 Å². The van der Waals surface area contributed by atoms with Crippen molar-refractivity contribution in [3.63, 3.8) is 0 Å². The highest BCUT2D eigenvalue weighted by molar-refractivity contribution is 6.04. The Hall–Kier alpha value is -3.34. The largest absolute Gasteiger partial charge is 0.485 e. The zero-order valence-corrected chi connectivity index (χ0v) is 18.1. The van der Waals surface area contributed by atoms with E-state index in [4.69, 9.17) is 4.74 Å². The second-order valence-electron chi connectivity index (χ2n) is 7.77. The highest BCUT2D eigenvalue weighted by Crippen LogP contribution is 2.22. The molecule has 0 saturated carbocycles. The minimum atomic E-state index is -0.235. The molecular formula is C25H28N2O3. The minimum absolute atomic E-state index is 0.0795. The van der Waals surface area contributed by atoms with E-state index >= 15 is 0 Å². The molecule has 0 aliphatic carbocycles. The number of Topliss-reactive ketones (excluding diaryl/α,β-unsaturated/α-hetero) is 1. The fourth-order valence-electron chi connectivity index (χ4n) is 3.73. The third-order valence-corrected chi connectivity index (χ3v) is 5.16. The van der Waals surface area contributed by atoms with Gasteiger partial charge in [-0.3, -0.25) is 9.59 Å². The predicted molar refractivity (Wildman–Crippen MR) is 118 cm³/mol. The van der Waals surface area contributed by atoms with E-state index in [1.807, 2.05) is 63.2 Å². The van der Waals surface area contributed by atoms with Gasteiger partial charge in [0.05, 0.1) is 6.04 Å². The molecule has 1 aromatic heterocycles. The smallest absolute Gasteiger partial charge is 0.268 e. The number of aryl methyl sites for hydroxylation is 3. The Morgan fingerprint density at radius 2 is 1.63 bits per heavy atom. The number of carbonyl (C=O) groups is 2. The Morgan fingerprint density at radius 3 is 2.27 bits per heavy atom. The first-order chi connectivity index (χ1) is 14.3. The Morgan fingerprint density at radius 1 is 1.00 bits per heavy atom. The van der Waals surface area contributed by atoms with Crippen LogP contribution in [0.1, 0.15) is 61.8 Å². The van der Waals surface area contributed by atoms with Crippen molar-refractivity contribution in [3.05, 3.63) is 87.7 Å². The molecule has 0 aliphatic rings. The maximum absolute atomic E-state index is 12.8. The summed E-state index contributed by atoms with van der Waals surface area (Å²) in [5, 5.41) is 2.99. The Kier molecular flexibility index (Phi) is 6.40. The van der Waals surface area contributed by atoms with Gasteiger partial charge in [0.25, 0.3) is 5.91 Å². The van der Waals surface area contributed by atoms with E-state index in [0.717, 1.165) is 16.7 Å². The average Bonchev–Trinajstić information content (AvgIpc) is 3.00. The molecule has 156 valence electrons. The maximum Gasteiger partial charge on any atom is 0.268 e. The lowest BCUT2D eigenvalue weighted by atomic mass is 10.1. The van der Waals surface area contributed by atoms with Crippen molar-refractivity contribution in [1.29, 1.82) is 0 Å². The molecule has 1 amide bonds. The minimum Gasteiger partial charge on any atom is -0.485 e. The van der Waals surface area contributed by atoms with Gasteiger partial charge in [-0.15, -0.1) is 0 Å². The van der Waals surface area contributed by atoms with Crippen molar-refractivity contribution < 1.29 is 14.3 Å². The summed E-state index contributed by atoms with van der Waals surface area (Å²) in [7, 11) is 0. The van der Waals surface area contributed by atoms with Crippen LogP contribution in [0.25, 0.3) is 0 Å². The van der Waals surface area contributed by atoms with Gasteiger partial charge in [0.15, 0.2) is 6.61 Å². The molecule has 3 aromatic rings. The highest BCUT2D eigenvalue weighted by Gasteiger charge is 2.23. The standard InChI is InChI=1S/C25H28N2O3/c1-15-11-16(2)13-21(12-15)30-14-22(28)23-17(3)24(26-19(23)5)25(29)27-18(4)20-9-7-6-8-10-20/h6-13,18,26H,14H2,1-5H3,(H,27,29). The number of aromatic amines is 1. The molecule has 0 fully saturated rings. The fraction of sp³-hybridized carbons (Fsp3) is 0.280. The molecule has 5 nitrogen and oxygen atoms in total. The first kappa shape index (κ1) is 21.4. The Balaban J connectivity index is 1.72. The van der Waals surface area contributed by atoms with E-state index in [1.165, 1.54) is 0 Å². The number of ether oxygens (including phenoxy) is 1. The summed E-state index contributed by atoms with van der Waals surface area (Å²) in [6, 6.07) is 15.5. The number of ketones is 1. The second-order valence-corrected chi connectivity index (χ2v) is 7.77. The molecule has 0 bridgehead atoms. The lowest BCUT2D eigenvalue weighted by Crippen LogP contribution is -2.27. The number of H-pyrrole nitrogens is 1. The van der Waals surface area contributed by atoms with Crippen molar-refractivity contribution in [2.24, 2.45) is 0 Å². The highest BCUT2D eigenvalue weighted by atomic mass is 16.5. The van der Waals surface area contributed by atoms with Gasteiger partial charge in [0, 0.05) is 11.3 Å². The third kappa shape index (κ3) is 4.79. The molecule has 3 rings (SSSR count). The van der Waals surface area contributed by atoms with Crippen LogP contribution in [0, 0.1) is 27.7 Å². The van der Waals surface area contributed by atoms with E-state index in [2.05, 4.69) is 16.4 Å². The van der Waals surface area contributed by atoms with Crippen molar-refractivity contribution in [3.8, 4) is 5.75 Å². The topological polar surface area (TPSA) is 71.2 Å². The number of hydrogen-bond donors (Lipinski definition) is 2. The SMILES string of the molecule is Cc1cc(C)cc(OCC(=O)c2c(C)[nH]c(C(=O)NC(C)c3ccccc3)c2C)c1. The summed E-state index contributed by atoms with van der Waals surface area (Å²) < 4.78 is 5.72. The first-order valence-electron chi connectivity index (χ1n) is 10.1. The molecule has 0 aliphatic heterocycles. The summed E-state index contributed by atoms with van der Waals surface area (Å²) in [5.74, 6) is 0.276. The molecule has 0 spiro atoms. The van der Waals surface area contributed by atoms with Crippen LogP contribution < -0.4 is 10.1 Å². The summed E-state index contributed by atoms with van der Waals surface area (Å²) in [5.41, 5.74) is 5.40. The quantitative estimate of drug-likeness (QED) is 0.544. The molecule has 1 heterocycles. The second kappa shape index (κ2) is 8.99. The molecule has 0 radical (unpaired) electrons.